The summed E-state index contributed by atoms with van der Waals surface area (Å²) >= 11 is 6.04. The summed E-state index contributed by atoms with van der Waals surface area (Å²) in [5, 5.41) is 4.34. The van der Waals surface area contributed by atoms with Gasteiger partial charge >= 0.3 is 0 Å². The SMILES string of the molecule is CC1CC(C)OC(c2cccc(Cl)c2)C(C)N1. The van der Waals surface area contributed by atoms with Crippen LogP contribution < -0.4 is 5.32 Å². The molecule has 1 N–H and O–H groups in total. The smallest absolute Gasteiger partial charge is 0.0979 e. The van der Waals surface area contributed by atoms with Crippen molar-refractivity contribution in [3.05, 3.63) is 34.9 Å². The third-order valence-electron chi connectivity index (χ3n) is 3.24. The summed E-state index contributed by atoms with van der Waals surface area (Å²) in [5.74, 6) is 0. The van der Waals surface area contributed by atoms with Crippen molar-refractivity contribution >= 4 is 11.6 Å². The Bertz CT molecular complexity index is 382. The molecule has 0 saturated carbocycles. The van der Waals surface area contributed by atoms with Crippen LogP contribution in [-0.4, -0.2) is 18.2 Å². The van der Waals surface area contributed by atoms with Crippen molar-refractivity contribution in [3.63, 3.8) is 0 Å². The highest BCUT2D eigenvalue weighted by molar-refractivity contribution is 6.30. The Hall–Kier alpha value is -0.570. The molecule has 1 aliphatic rings. The van der Waals surface area contributed by atoms with Gasteiger partial charge in [-0.05, 0) is 44.9 Å². The maximum atomic E-state index is 6.11. The summed E-state index contributed by atoms with van der Waals surface area (Å²) in [6.45, 7) is 6.50. The first-order chi connectivity index (χ1) is 8.06. The maximum absolute atomic E-state index is 6.11. The molecule has 0 spiro atoms. The monoisotopic (exact) mass is 253 g/mol. The Kier molecular flexibility index (Phi) is 4.08. The van der Waals surface area contributed by atoms with Crippen molar-refractivity contribution < 1.29 is 4.74 Å². The number of rotatable bonds is 1. The minimum Gasteiger partial charge on any atom is -0.369 e. The van der Waals surface area contributed by atoms with Gasteiger partial charge in [0.2, 0.25) is 0 Å². The van der Waals surface area contributed by atoms with Gasteiger partial charge < -0.3 is 10.1 Å². The van der Waals surface area contributed by atoms with Crippen molar-refractivity contribution in [2.24, 2.45) is 0 Å². The van der Waals surface area contributed by atoms with Crippen LogP contribution in [0, 0.1) is 0 Å². The summed E-state index contributed by atoms with van der Waals surface area (Å²) in [6, 6.07) is 8.74. The summed E-state index contributed by atoms with van der Waals surface area (Å²) in [6.07, 6.45) is 1.39. The van der Waals surface area contributed by atoms with E-state index < -0.39 is 0 Å². The Balaban J connectivity index is 2.23. The molecule has 3 heteroatoms. The fraction of sp³-hybridized carbons (Fsp3) is 0.571. The van der Waals surface area contributed by atoms with Gasteiger partial charge in [-0.2, -0.15) is 0 Å². The van der Waals surface area contributed by atoms with Crippen LogP contribution in [0.25, 0.3) is 0 Å². The van der Waals surface area contributed by atoms with Gasteiger partial charge in [-0.25, -0.2) is 0 Å². The van der Waals surface area contributed by atoms with E-state index in [1.165, 1.54) is 0 Å². The van der Waals surface area contributed by atoms with Crippen molar-refractivity contribution in [2.75, 3.05) is 0 Å². The second-order valence-corrected chi connectivity index (χ2v) is 5.45. The van der Waals surface area contributed by atoms with E-state index in [9.17, 15) is 0 Å². The largest absolute Gasteiger partial charge is 0.369 e. The number of benzene rings is 1. The Morgan fingerprint density at radius 3 is 2.76 bits per heavy atom. The van der Waals surface area contributed by atoms with Crippen LogP contribution >= 0.6 is 11.6 Å². The second kappa shape index (κ2) is 5.38. The molecule has 1 aromatic rings. The first kappa shape index (κ1) is 12.9. The van der Waals surface area contributed by atoms with E-state index >= 15 is 0 Å². The Morgan fingerprint density at radius 2 is 2.06 bits per heavy atom. The van der Waals surface area contributed by atoms with Gasteiger partial charge in [0.15, 0.2) is 0 Å². The van der Waals surface area contributed by atoms with E-state index in [0.29, 0.717) is 12.1 Å². The van der Waals surface area contributed by atoms with Gasteiger partial charge in [0.1, 0.15) is 0 Å². The first-order valence-corrected chi connectivity index (χ1v) is 6.61. The molecule has 4 unspecified atom stereocenters. The average molecular weight is 254 g/mol. The number of hydrogen-bond donors (Lipinski definition) is 1. The molecule has 17 heavy (non-hydrogen) atoms. The molecule has 94 valence electrons. The zero-order valence-corrected chi connectivity index (χ0v) is 11.4. The van der Waals surface area contributed by atoms with Gasteiger partial charge in [-0.15, -0.1) is 0 Å². The molecule has 0 bridgehead atoms. The fourth-order valence-electron chi connectivity index (χ4n) is 2.58. The lowest BCUT2D eigenvalue weighted by Crippen LogP contribution is -2.36. The molecule has 1 saturated heterocycles. The average Bonchev–Trinajstić information content (AvgIpc) is 2.36. The minimum absolute atomic E-state index is 0.0775. The van der Waals surface area contributed by atoms with E-state index in [1.54, 1.807) is 0 Å². The normalized spacial score (nSPS) is 34.4. The predicted molar refractivity (Wildman–Crippen MR) is 71.4 cm³/mol. The number of ether oxygens (including phenoxy) is 1. The molecular weight excluding hydrogens is 234 g/mol. The molecule has 0 amide bonds. The molecule has 4 atom stereocenters. The molecule has 0 aliphatic carbocycles. The molecule has 0 aromatic heterocycles. The van der Waals surface area contributed by atoms with Crippen molar-refractivity contribution in [2.45, 2.75) is 51.5 Å². The van der Waals surface area contributed by atoms with Crippen molar-refractivity contribution in [1.29, 1.82) is 0 Å². The molecule has 1 aromatic carbocycles. The summed E-state index contributed by atoms with van der Waals surface area (Å²) in [4.78, 5) is 0. The van der Waals surface area contributed by atoms with Gasteiger partial charge in [0.25, 0.3) is 0 Å². The third kappa shape index (κ3) is 3.21. The van der Waals surface area contributed by atoms with Crippen molar-refractivity contribution in [1.82, 2.24) is 5.32 Å². The second-order valence-electron chi connectivity index (χ2n) is 5.01. The van der Waals surface area contributed by atoms with Gasteiger partial charge in [-0.3, -0.25) is 0 Å². The standard InChI is InChI=1S/C14H20ClNO/c1-9-7-10(2)17-14(11(3)16-9)12-5-4-6-13(15)8-12/h4-6,8-11,14,16H,7H2,1-3H3. The first-order valence-electron chi connectivity index (χ1n) is 6.23. The molecule has 2 rings (SSSR count). The summed E-state index contributed by atoms with van der Waals surface area (Å²) in [5.41, 5.74) is 1.15. The Morgan fingerprint density at radius 1 is 1.29 bits per heavy atom. The molecule has 0 radical (unpaired) electrons. The number of halogens is 1. The van der Waals surface area contributed by atoms with Gasteiger partial charge in [0.05, 0.1) is 12.2 Å². The van der Waals surface area contributed by atoms with E-state index in [1.807, 2.05) is 18.2 Å². The number of hydrogen-bond acceptors (Lipinski definition) is 2. The van der Waals surface area contributed by atoms with Gasteiger partial charge in [-0.1, -0.05) is 23.7 Å². The highest BCUT2D eigenvalue weighted by atomic mass is 35.5. The summed E-state index contributed by atoms with van der Waals surface area (Å²) in [7, 11) is 0. The van der Waals surface area contributed by atoms with Crippen LogP contribution in [0.2, 0.25) is 5.02 Å². The molecule has 1 fully saturated rings. The highest BCUT2D eigenvalue weighted by Gasteiger charge is 2.28. The van der Waals surface area contributed by atoms with Crippen LogP contribution in [0.1, 0.15) is 38.9 Å². The zero-order valence-electron chi connectivity index (χ0n) is 10.6. The fourth-order valence-corrected chi connectivity index (χ4v) is 2.78. The third-order valence-corrected chi connectivity index (χ3v) is 3.48. The van der Waals surface area contributed by atoms with E-state index in [-0.39, 0.29) is 12.2 Å². The molecule has 1 aliphatic heterocycles. The topological polar surface area (TPSA) is 21.3 Å². The van der Waals surface area contributed by atoms with E-state index in [2.05, 4.69) is 32.2 Å². The van der Waals surface area contributed by atoms with E-state index in [4.69, 9.17) is 16.3 Å². The van der Waals surface area contributed by atoms with E-state index in [0.717, 1.165) is 17.0 Å². The quantitative estimate of drug-likeness (QED) is 0.826. The lowest BCUT2D eigenvalue weighted by molar-refractivity contribution is -0.00781. The molecular formula is C14H20ClNO. The predicted octanol–water partition coefficient (Wildman–Crippen LogP) is 3.56. The Labute approximate surface area is 108 Å². The van der Waals surface area contributed by atoms with Crippen LogP contribution in [0.15, 0.2) is 24.3 Å². The van der Waals surface area contributed by atoms with Crippen molar-refractivity contribution in [3.8, 4) is 0 Å². The van der Waals surface area contributed by atoms with Crippen LogP contribution in [0.5, 0.6) is 0 Å². The van der Waals surface area contributed by atoms with Gasteiger partial charge in [0, 0.05) is 17.1 Å². The lowest BCUT2D eigenvalue weighted by atomic mass is 10.0. The zero-order chi connectivity index (χ0) is 12.4. The van der Waals surface area contributed by atoms with Crippen LogP contribution in [-0.2, 0) is 4.74 Å². The maximum Gasteiger partial charge on any atom is 0.0979 e. The number of nitrogens with one attached hydrogen (secondary N) is 1. The molecule has 2 nitrogen and oxygen atoms in total. The highest BCUT2D eigenvalue weighted by Crippen LogP contribution is 2.28. The molecule has 1 heterocycles. The van der Waals surface area contributed by atoms with Crippen LogP contribution in [0.3, 0.4) is 0 Å². The minimum atomic E-state index is 0.0775. The van der Waals surface area contributed by atoms with Crippen LogP contribution in [0.4, 0.5) is 0 Å². The summed E-state index contributed by atoms with van der Waals surface area (Å²) < 4.78 is 6.11. The lowest BCUT2D eigenvalue weighted by Gasteiger charge is -2.25.